The smallest absolute Gasteiger partial charge is 0.150 e. The van der Waals surface area contributed by atoms with Gasteiger partial charge in [0.2, 0.25) is 0 Å². The number of ether oxygens (including phenoxy) is 2. The molecule has 2 atom stereocenters. The molecule has 0 radical (unpaired) electrons. The first-order valence-electron chi connectivity index (χ1n) is 8.36. The summed E-state index contributed by atoms with van der Waals surface area (Å²) in [6, 6.07) is 19.9. The van der Waals surface area contributed by atoms with Gasteiger partial charge in [-0.1, -0.05) is 30.3 Å². The van der Waals surface area contributed by atoms with Gasteiger partial charge in [-0.15, -0.1) is 0 Å². The van der Waals surface area contributed by atoms with Gasteiger partial charge < -0.3 is 9.47 Å². The molecule has 0 spiro atoms. The highest BCUT2D eigenvalue weighted by Crippen LogP contribution is 2.36. The first-order valence-corrected chi connectivity index (χ1v) is 8.36. The van der Waals surface area contributed by atoms with Crippen LogP contribution in [0, 0.1) is 0 Å². The molecule has 4 rings (SSSR count). The van der Waals surface area contributed by atoms with Crippen LogP contribution in [0.2, 0.25) is 0 Å². The number of aromatic nitrogens is 2. The zero-order valence-corrected chi connectivity index (χ0v) is 13.4. The topological polar surface area (TPSA) is 36.3 Å². The van der Waals surface area contributed by atoms with Crippen LogP contribution in [-0.4, -0.2) is 9.78 Å². The number of rotatable bonds is 4. The van der Waals surface area contributed by atoms with E-state index in [2.05, 4.69) is 17.2 Å². The van der Waals surface area contributed by atoms with Crippen LogP contribution < -0.4 is 4.74 Å². The molecule has 0 bridgehead atoms. The lowest BCUT2D eigenvalue weighted by molar-refractivity contribution is -0.0973. The summed E-state index contributed by atoms with van der Waals surface area (Å²) in [5.74, 6) is 1.68. The van der Waals surface area contributed by atoms with Crippen molar-refractivity contribution < 1.29 is 9.47 Å². The van der Waals surface area contributed by atoms with Gasteiger partial charge in [-0.2, -0.15) is 5.10 Å². The molecule has 122 valence electrons. The van der Waals surface area contributed by atoms with Crippen LogP contribution in [0.25, 0.3) is 0 Å². The van der Waals surface area contributed by atoms with Crippen molar-refractivity contribution in [2.24, 2.45) is 0 Å². The summed E-state index contributed by atoms with van der Waals surface area (Å²) in [6.07, 6.45) is 7.08. The number of para-hydroxylation sites is 1. The first kappa shape index (κ1) is 15.0. The summed E-state index contributed by atoms with van der Waals surface area (Å²) in [6.45, 7) is 0. The van der Waals surface area contributed by atoms with E-state index >= 15 is 0 Å². The van der Waals surface area contributed by atoms with Gasteiger partial charge in [0.05, 0.1) is 6.10 Å². The van der Waals surface area contributed by atoms with Crippen LogP contribution in [0.15, 0.2) is 73.1 Å². The predicted octanol–water partition coefficient (Wildman–Crippen LogP) is 5.12. The maximum absolute atomic E-state index is 6.23. The van der Waals surface area contributed by atoms with E-state index in [0.29, 0.717) is 0 Å². The third-order valence-corrected chi connectivity index (χ3v) is 4.29. The molecule has 2 heterocycles. The minimum atomic E-state index is 0.0268. The minimum Gasteiger partial charge on any atom is -0.457 e. The minimum absolute atomic E-state index is 0.0268. The van der Waals surface area contributed by atoms with E-state index in [4.69, 9.17) is 9.47 Å². The molecule has 0 amide bonds. The first-order chi connectivity index (χ1) is 11.9. The number of benzene rings is 2. The molecule has 1 saturated heterocycles. The Morgan fingerprint density at radius 2 is 1.71 bits per heavy atom. The van der Waals surface area contributed by atoms with Gasteiger partial charge in [0.25, 0.3) is 0 Å². The lowest BCUT2D eigenvalue weighted by Gasteiger charge is -2.30. The van der Waals surface area contributed by atoms with Crippen LogP contribution >= 0.6 is 0 Å². The summed E-state index contributed by atoms with van der Waals surface area (Å²) in [7, 11) is 0. The summed E-state index contributed by atoms with van der Waals surface area (Å²) in [5.41, 5.74) is 1.19. The Kier molecular flexibility index (Phi) is 4.30. The third kappa shape index (κ3) is 3.34. The maximum atomic E-state index is 6.23. The molecule has 4 nitrogen and oxygen atoms in total. The number of hydrogen-bond donors (Lipinski definition) is 0. The fraction of sp³-hybridized carbons (Fsp3) is 0.250. The number of nitrogens with zero attached hydrogens (tertiary/aromatic N) is 2. The average molecular weight is 320 g/mol. The van der Waals surface area contributed by atoms with Crippen molar-refractivity contribution in [1.82, 2.24) is 9.78 Å². The molecule has 1 aliphatic rings. The molecular weight excluding hydrogens is 300 g/mol. The van der Waals surface area contributed by atoms with Crippen LogP contribution in [0.3, 0.4) is 0 Å². The Morgan fingerprint density at radius 1 is 0.917 bits per heavy atom. The van der Waals surface area contributed by atoms with E-state index in [1.54, 1.807) is 6.20 Å². The molecule has 4 heteroatoms. The Morgan fingerprint density at radius 3 is 2.46 bits per heavy atom. The SMILES string of the molecule is c1ccc(Oc2ccc(C3CCCC(n4cccn4)O3)cc2)cc1. The standard InChI is InChI=1S/C20H20N2O2/c1-2-6-17(7-3-1)23-18-12-10-16(11-13-18)19-8-4-9-20(24-19)22-15-5-14-21-22/h1-3,5-7,10-15,19-20H,4,8-9H2. The van der Waals surface area contributed by atoms with Gasteiger partial charge in [0.1, 0.15) is 11.5 Å². The Bertz CT molecular complexity index is 754. The molecule has 2 unspecified atom stereocenters. The van der Waals surface area contributed by atoms with E-state index in [9.17, 15) is 0 Å². The summed E-state index contributed by atoms with van der Waals surface area (Å²) in [5, 5.41) is 4.30. The third-order valence-electron chi connectivity index (χ3n) is 4.29. The average Bonchev–Trinajstić information content (AvgIpc) is 3.18. The van der Waals surface area contributed by atoms with E-state index < -0.39 is 0 Å². The quantitative estimate of drug-likeness (QED) is 0.670. The lowest BCUT2D eigenvalue weighted by Crippen LogP contribution is -2.21. The Hall–Kier alpha value is -2.59. The highest BCUT2D eigenvalue weighted by molar-refractivity contribution is 5.33. The number of hydrogen-bond acceptors (Lipinski definition) is 3. The van der Waals surface area contributed by atoms with Crippen LogP contribution in [0.5, 0.6) is 11.5 Å². The molecule has 24 heavy (non-hydrogen) atoms. The molecule has 1 aliphatic heterocycles. The van der Waals surface area contributed by atoms with Crippen LogP contribution in [0.1, 0.15) is 37.2 Å². The molecule has 0 saturated carbocycles. The summed E-state index contributed by atoms with van der Waals surface area (Å²) in [4.78, 5) is 0. The van der Waals surface area contributed by atoms with Crippen molar-refractivity contribution >= 4 is 0 Å². The van der Waals surface area contributed by atoms with Gasteiger partial charge in [-0.05, 0) is 55.2 Å². The van der Waals surface area contributed by atoms with Gasteiger partial charge in [0.15, 0.2) is 6.23 Å². The summed E-state index contributed by atoms with van der Waals surface area (Å²) < 4.78 is 14.0. The van der Waals surface area contributed by atoms with Crippen molar-refractivity contribution in [3.05, 3.63) is 78.6 Å². The van der Waals surface area contributed by atoms with Gasteiger partial charge in [-0.25, -0.2) is 4.68 Å². The largest absolute Gasteiger partial charge is 0.457 e. The van der Waals surface area contributed by atoms with E-state index in [-0.39, 0.29) is 12.3 Å². The van der Waals surface area contributed by atoms with Gasteiger partial charge >= 0.3 is 0 Å². The van der Waals surface area contributed by atoms with Crippen LogP contribution in [-0.2, 0) is 4.74 Å². The molecule has 3 aromatic rings. The molecule has 0 N–H and O–H groups in total. The van der Waals surface area contributed by atoms with Crippen molar-refractivity contribution in [1.29, 1.82) is 0 Å². The van der Waals surface area contributed by atoms with Crippen molar-refractivity contribution in [2.75, 3.05) is 0 Å². The van der Waals surface area contributed by atoms with Gasteiger partial charge in [-0.3, -0.25) is 0 Å². The molecular formula is C20H20N2O2. The molecule has 1 fully saturated rings. The Balaban J connectivity index is 1.44. The van der Waals surface area contributed by atoms with E-state index in [1.165, 1.54) is 5.56 Å². The molecule has 2 aromatic carbocycles. The second-order valence-electron chi connectivity index (χ2n) is 5.98. The second kappa shape index (κ2) is 6.89. The fourth-order valence-corrected chi connectivity index (χ4v) is 3.07. The van der Waals surface area contributed by atoms with Crippen LogP contribution in [0.4, 0.5) is 0 Å². The molecule has 0 aliphatic carbocycles. The predicted molar refractivity (Wildman–Crippen MR) is 91.9 cm³/mol. The maximum Gasteiger partial charge on any atom is 0.150 e. The molecule has 1 aromatic heterocycles. The highest BCUT2D eigenvalue weighted by atomic mass is 16.5. The fourth-order valence-electron chi connectivity index (χ4n) is 3.07. The second-order valence-corrected chi connectivity index (χ2v) is 5.98. The van der Waals surface area contributed by atoms with Gasteiger partial charge in [0, 0.05) is 12.4 Å². The lowest BCUT2D eigenvalue weighted by atomic mass is 10.0. The van der Waals surface area contributed by atoms with E-state index in [0.717, 1.165) is 30.8 Å². The zero-order chi connectivity index (χ0) is 16.2. The highest BCUT2D eigenvalue weighted by Gasteiger charge is 2.24. The van der Waals surface area contributed by atoms with Crippen molar-refractivity contribution in [2.45, 2.75) is 31.6 Å². The monoisotopic (exact) mass is 320 g/mol. The zero-order valence-electron chi connectivity index (χ0n) is 13.4. The Labute approximate surface area is 141 Å². The van der Waals surface area contributed by atoms with E-state index in [1.807, 2.05) is 59.4 Å². The van der Waals surface area contributed by atoms with Crippen molar-refractivity contribution in [3.63, 3.8) is 0 Å². The summed E-state index contributed by atoms with van der Waals surface area (Å²) >= 11 is 0. The van der Waals surface area contributed by atoms with Crippen molar-refractivity contribution in [3.8, 4) is 11.5 Å². The normalized spacial score (nSPS) is 20.7.